The summed E-state index contributed by atoms with van der Waals surface area (Å²) in [7, 11) is 0. The molecule has 17 heavy (non-hydrogen) atoms. The lowest BCUT2D eigenvalue weighted by molar-refractivity contribution is 0.474. The van der Waals surface area contributed by atoms with Crippen LogP contribution in [0.2, 0.25) is 0 Å². The SMILES string of the molecule is Oc1ccccc1C=Nc1ccc(Br)cc1Br. The van der Waals surface area contributed by atoms with Crippen LogP contribution in [0.25, 0.3) is 0 Å². The van der Waals surface area contributed by atoms with Crippen molar-refractivity contribution in [2.45, 2.75) is 0 Å². The number of phenols is 1. The minimum absolute atomic E-state index is 0.226. The first-order valence-corrected chi connectivity index (χ1v) is 6.52. The Kier molecular flexibility index (Phi) is 3.97. The molecule has 4 heteroatoms. The lowest BCUT2D eigenvalue weighted by Gasteiger charge is -2.00. The van der Waals surface area contributed by atoms with E-state index in [1.807, 2.05) is 30.3 Å². The fourth-order valence-electron chi connectivity index (χ4n) is 1.32. The van der Waals surface area contributed by atoms with E-state index in [4.69, 9.17) is 0 Å². The number of phenolic OH excluding ortho intramolecular Hbond substituents is 1. The van der Waals surface area contributed by atoms with Gasteiger partial charge in [-0.3, -0.25) is 4.99 Å². The molecule has 1 N–H and O–H groups in total. The maximum Gasteiger partial charge on any atom is 0.124 e. The molecule has 0 saturated heterocycles. The first kappa shape index (κ1) is 12.3. The summed E-state index contributed by atoms with van der Waals surface area (Å²) < 4.78 is 1.89. The molecular formula is C13H9Br2NO. The number of nitrogens with zero attached hydrogens (tertiary/aromatic N) is 1. The molecule has 0 amide bonds. The molecule has 0 saturated carbocycles. The second-order valence-electron chi connectivity index (χ2n) is 3.41. The van der Waals surface area contributed by atoms with Gasteiger partial charge in [0.1, 0.15) is 5.75 Å². The van der Waals surface area contributed by atoms with Crippen LogP contribution in [0.1, 0.15) is 5.56 Å². The first-order chi connectivity index (χ1) is 8.16. The number of hydrogen-bond donors (Lipinski definition) is 1. The summed E-state index contributed by atoms with van der Waals surface area (Å²) in [6, 6.07) is 12.8. The average molecular weight is 355 g/mol. The minimum atomic E-state index is 0.226. The Bertz CT molecular complexity index is 567. The molecule has 0 bridgehead atoms. The number of aliphatic imine (C=N–C) groups is 1. The van der Waals surface area contributed by atoms with Gasteiger partial charge >= 0.3 is 0 Å². The highest BCUT2D eigenvalue weighted by Crippen LogP contribution is 2.28. The van der Waals surface area contributed by atoms with Crippen molar-refractivity contribution in [3.8, 4) is 5.75 Å². The molecule has 0 unspecified atom stereocenters. The summed E-state index contributed by atoms with van der Waals surface area (Å²) in [4.78, 5) is 4.33. The molecule has 0 aliphatic rings. The minimum Gasteiger partial charge on any atom is -0.507 e. The third-order valence-corrected chi connectivity index (χ3v) is 3.32. The number of benzene rings is 2. The van der Waals surface area contributed by atoms with E-state index in [0.29, 0.717) is 5.56 Å². The lowest BCUT2D eigenvalue weighted by atomic mass is 10.2. The van der Waals surface area contributed by atoms with Gasteiger partial charge in [-0.15, -0.1) is 0 Å². The molecule has 0 spiro atoms. The van der Waals surface area contributed by atoms with Gasteiger partial charge in [0.15, 0.2) is 0 Å². The average Bonchev–Trinajstić information content (AvgIpc) is 2.30. The number of hydrogen-bond acceptors (Lipinski definition) is 2. The summed E-state index contributed by atoms with van der Waals surface area (Å²) >= 11 is 6.81. The Labute approximate surface area is 116 Å². The quantitative estimate of drug-likeness (QED) is 0.781. The van der Waals surface area contributed by atoms with Crippen molar-refractivity contribution in [3.63, 3.8) is 0 Å². The molecule has 2 aromatic carbocycles. The maximum absolute atomic E-state index is 9.59. The molecule has 0 radical (unpaired) electrons. The second-order valence-corrected chi connectivity index (χ2v) is 5.18. The molecule has 86 valence electrons. The van der Waals surface area contributed by atoms with E-state index < -0.39 is 0 Å². The van der Waals surface area contributed by atoms with E-state index in [9.17, 15) is 5.11 Å². The fraction of sp³-hybridized carbons (Fsp3) is 0. The van der Waals surface area contributed by atoms with E-state index >= 15 is 0 Å². The molecule has 2 nitrogen and oxygen atoms in total. The highest BCUT2D eigenvalue weighted by Gasteiger charge is 1.99. The van der Waals surface area contributed by atoms with Gasteiger partial charge < -0.3 is 5.11 Å². The number of aromatic hydroxyl groups is 1. The van der Waals surface area contributed by atoms with Crippen LogP contribution in [0, 0.1) is 0 Å². The van der Waals surface area contributed by atoms with E-state index in [0.717, 1.165) is 14.6 Å². The molecule has 0 aliphatic heterocycles. The summed E-state index contributed by atoms with van der Waals surface area (Å²) in [5.74, 6) is 0.226. The van der Waals surface area contributed by atoms with Crippen molar-refractivity contribution >= 4 is 43.8 Å². The molecule has 0 aromatic heterocycles. The largest absolute Gasteiger partial charge is 0.507 e. The van der Waals surface area contributed by atoms with Crippen molar-refractivity contribution in [2.24, 2.45) is 4.99 Å². The fourth-order valence-corrected chi connectivity index (χ4v) is 2.47. The van der Waals surface area contributed by atoms with Gasteiger partial charge in [0.25, 0.3) is 0 Å². The molecule has 0 heterocycles. The van der Waals surface area contributed by atoms with Gasteiger partial charge in [0.05, 0.1) is 5.69 Å². The van der Waals surface area contributed by atoms with Crippen LogP contribution in [0.15, 0.2) is 56.4 Å². The van der Waals surface area contributed by atoms with Crippen LogP contribution in [0.5, 0.6) is 5.75 Å². The Morgan fingerprint density at radius 2 is 1.82 bits per heavy atom. The predicted molar refractivity (Wildman–Crippen MR) is 77.2 cm³/mol. The smallest absolute Gasteiger partial charge is 0.124 e. The van der Waals surface area contributed by atoms with Gasteiger partial charge in [-0.25, -0.2) is 0 Å². The molecule has 0 atom stereocenters. The zero-order valence-corrected chi connectivity index (χ0v) is 11.9. The van der Waals surface area contributed by atoms with Crippen LogP contribution in [0.3, 0.4) is 0 Å². The number of rotatable bonds is 2. The predicted octanol–water partition coefficient (Wildman–Crippen LogP) is 4.67. The summed E-state index contributed by atoms with van der Waals surface area (Å²) in [6.07, 6.45) is 1.64. The number of para-hydroxylation sites is 1. The molecule has 2 aromatic rings. The molecular weight excluding hydrogens is 346 g/mol. The van der Waals surface area contributed by atoms with E-state index in [1.165, 1.54) is 0 Å². The van der Waals surface area contributed by atoms with E-state index in [-0.39, 0.29) is 5.75 Å². The second kappa shape index (κ2) is 5.47. The third kappa shape index (κ3) is 3.17. The highest BCUT2D eigenvalue weighted by atomic mass is 79.9. The monoisotopic (exact) mass is 353 g/mol. The molecule has 2 rings (SSSR count). The Hall–Kier alpha value is -1.13. The highest BCUT2D eigenvalue weighted by molar-refractivity contribution is 9.11. The zero-order valence-electron chi connectivity index (χ0n) is 8.77. The van der Waals surface area contributed by atoms with Crippen LogP contribution in [0.4, 0.5) is 5.69 Å². The van der Waals surface area contributed by atoms with Gasteiger partial charge in [-0.2, -0.15) is 0 Å². The van der Waals surface area contributed by atoms with Gasteiger partial charge in [0, 0.05) is 20.7 Å². The standard InChI is InChI=1S/C13H9Br2NO/c14-10-5-6-12(11(15)7-10)16-8-9-3-1-2-4-13(9)17/h1-8,17H. The van der Waals surface area contributed by atoms with E-state index in [2.05, 4.69) is 36.9 Å². The van der Waals surface area contributed by atoms with Crippen molar-refractivity contribution < 1.29 is 5.11 Å². The van der Waals surface area contributed by atoms with Crippen LogP contribution in [-0.2, 0) is 0 Å². The van der Waals surface area contributed by atoms with Crippen molar-refractivity contribution in [1.29, 1.82) is 0 Å². The van der Waals surface area contributed by atoms with Crippen LogP contribution >= 0.6 is 31.9 Å². The van der Waals surface area contributed by atoms with Crippen molar-refractivity contribution in [2.75, 3.05) is 0 Å². The van der Waals surface area contributed by atoms with Crippen molar-refractivity contribution in [1.82, 2.24) is 0 Å². The topological polar surface area (TPSA) is 32.6 Å². The maximum atomic E-state index is 9.59. The Balaban J connectivity index is 2.29. The van der Waals surface area contributed by atoms with Crippen LogP contribution in [-0.4, -0.2) is 11.3 Å². The van der Waals surface area contributed by atoms with Gasteiger partial charge in [-0.1, -0.05) is 28.1 Å². The van der Waals surface area contributed by atoms with Gasteiger partial charge in [0.2, 0.25) is 0 Å². The zero-order chi connectivity index (χ0) is 12.3. The third-order valence-electron chi connectivity index (χ3n) is 2.19. The first-order valence-electron chi connectivity index (χ1n) is 4.94. The molecule has 0 fully saturated rings. The van der Waals surface area contributed by atoms with E-state index in [1.54, 1.807) is 18.3 Å². The van der Waals surface area contributed by atoms with Crippen LogP contribution < -0.4 is 0 Å². The Morgan fingerprint density at radius 3 is 2.53 bits per heavy atom. The van der Waals surface area contributed by atoms with Crippen molar-refractivity contribution in [3.05, 3.63) is 57.0 Å². The normalized spacial score (nSPS) is 10.9. The lowest BCUT2D eigenvalue weighted by Crippen LogP contribution is -1.81. The summed E-state index contributed by atoms with van der Waals surface area (Å²) in [6.45, 7) is 0. The summed E-state index contributed by atoms with van der Waals surface area (Å²) in [5, 5.41) is 9.59. The van der Waals surface area contributed by atoms with Gasteiger partial charge in [-0.05, 0) is 46.3 Å². The molecule has 0 aliphatic carbocycles. The Morgan fingerprint density at radius 1 is 1.06 bits per heavy atom. The summed E-state index contributed by atoms with van der Waals surface area (Å²) in [5.41, 5.74) is 1.51. The number of halogens is 2.